The Hall–Kier alpha value is -2.92. The molecule has 12 heteroatoms. The van der Waals surface area contributed by atoms with Crippen LogP contribution in [0.1, 0.15) is 33.6 Å². The Bertz CT molecular complexity index is 1490. The zero-order chi connectivity index (χ0) is 30.8. The molecule has 0 bridgehead atoms. The van der Waals surface area contributed by atoms with Crippen molar-refractivity contribution in [3.05, 3.63) is 58.6 Å². The fraction of sp³-hybridized carbons (Fsp3) is 0.433. The normalized spacial score (nSPS) is 14.6. The van der Waals surface area contributed by atoms with E-state index in [4.69, 9.17) is 37.1 Å². The number of benzene rings is 2. The lowest BCUT2D eigenvalue weighted by Crippen LogP contribution is -2.44. The number of hydrogen-bond donors (Lipinski definition) is 1. The standard InChI is InChI=1S/C30H37Cl2FN4O4Si/c1-18(16-40-42(6,7)30(2,3)4)29(38)37-12-10-19(11-13-37)41-25-14-20-23(15-24(25)39-5)34-17-35-28(20)36-22-9-8-21(31)26(32)27(22)33/h8-9,14-15,17,19H,1,10-13,16H2,2-7H3,(H,34,35,36). The van der Waals surface area contributed by atoms with Crippen molar-refractivity contribution in [2.45, 2.75) is 57.8 Å². The Balaban J connectivity index is 1.44. The minimum atomic E-state index is -1.99. The van der Waals surface area contributed by atoms with Crippen LogP contribution >= 0.6 is 23.2 Å². The lowest BCUT2D eigenvalue weighted by molar-refractivity contribution is -0.129. The van der Waals surface area contributed by atoms with E-state index >= 15 is 0 Å². The van der Waals surface area contributed by atoms with Crippen LogP contribution in [0.5, 0.6) is 11.5 Å². The summed E-state index contributed by atoms with van der Waals surface area (Å²) in [6, 6.07) is 6.50. The monoisotopic (exact) mass is 634 g/mol. The number of nitrogens with one attached hydrogen (secondary N) is 1. The highest BCUT2D eigenvalue weighted by Gasteiger charge is 2.37. The van der Waals surface area contributed by atoms with Gasteiger partial charge in [-0.15, -0.1) is 0 Å². The van der Waals surface area contributed by atoms with Crippen molar-refractivity contribution in [1.29, 1.82) is 0 Å². The number of methoxy groups -OCH3 is 1. The van der Waals surface area contributed by atoms with E-state index in [0.29, 0.717) is 59.7 Å². The summed E-state index contributed by atoms with van der Waals surface area (Å²) in [6.45, 7) is 16.1. The minimum Gasteiger partial charge on any atom is -0.493 e. The number of halogens is 3. The number of carbonyl (C=O) groups is 1. The maximum absolute atomic E-state index is 14.7. The maximum atomic E-state index is 14.7. The molecule has 8 nitrogen and oxygen atoms in total. The smallest absolute Gasteiger partial charge is 0.251 e. The van der Waals surface area contributed by atoms with Crippen LogP contribution in [-0.4, -0.2) is 62.0 Å². The maximum Gasteiger partial charge on any atom is 0.251 e. The third-order valence-electron chi connectivity index (χ3n) is 7.95. The molecule has 226 valence electrons. The number of fused-ring (bicyclic) bond motifs is 1. The number of rotatable bonds is 9. The van der Waals surface area contributed by atoms with Crippen molar-refractivity contribution in [2.75, 3.05) is 32.1 Å². The van der Waals surface area contributed by atoms with Gasteiger partial charge in [0.2, 0.25) is 0 Å². The SMILES string of the molecule is C=C(CO[Si](C)(C)C(C)(C)C)C(=O)N1CCC(Oc2cc3c(Nc4ccc(Cl)c(Cl)c4F)ncnc3cc2OC)CC1. The summed E-state index contributed by atoms with van der Waals surface area (Å²) in [5, 5.41) is 3.57. The number of anilines is 2. The van der Waals surface area contributed by atoms with Crippen LogP contribution in [0.2, 0.25) is 28.2 Å². The van der Waals surface area contributed by atoms with E-state index in [-0.39, 0.29) is 39.4 Å². The van der Waals surface area contributed by atoms with Gasteiger partial charge in [-0.25, -0.2) is 14.4 Å². The van der Waals surface area contributed by atoms with E-state index in [2.05, 4.69) is 55.7 Å². The summed E-state index contributed by atoms with van der Waals surface area (Å²) in [5.74, 6) is 0.592. The van der Waals surface area contributed by atoms with Gasteiger partial charge in [0, 0.05) is 43.0 Å². The molecular weight excluding hydrogens is 598 g/mol. The number of aromatic nitrogens is 2. The number of likely N-dealkylation sites (tertiary alicyclic amines) is 1. The zero-order valence-corrected chi connectivity index (χ0v) is 27.3. The van der Waals surface area contributed by atoms with Gasteiger partial charge in [-0.2, -0.15) is 0 Å². The molecule has 1 fully saturated rings. The van der Waals surface area contributed by atoms with Crippen molar-refractivity contribution >= 4 is 59.8 Å². The first-order chi connectivity index (χ1) is 19.7. The Morgan fingerprint density at radius 1 is 1.17 bits per heavy atom. The molecular formula is C30H37Cl2FN4O4Si. The average Bonchev–Trinajstić information content (AvgIpc) is 2.95. The van der Waals surface area contributed by atoms with Crippen LogP contribution in [-0.2, 0) is 9.22 Å². The van der Waals surface area contributed by atoms with E-state index < -0.39 is 14.1 Å². The lowest BCUT2D eigenvalue weighted by atomic mass is 10.1. The van der Waals surface area contributed by atoms with Crippen LogP contribution in [0.3, 0.4) is 0 Å². The number of nitrogens with zero attached hydrogens (tertiary/aromatic N) is 3. The highest BCUT2D eigenvalue weighted by Crippen LogP contribution is 2.38. The molecule has 3 aromatic rings. The summed E-state index contributed by atoms with van der Waals surface area (Å²) in [4.78, 5) is 23.5. The van der Waals surface area contributed by atoms with E-state index in [1.807, 2.05) is 0 Å². The highest BCUT2D eigenvalue weighted by atomic mass is 35.5. The molecule has 1 aliphatic rings. The van der Waals surface area contributed by atoms with Crippen molar-refractivity contribution in [2.24, 2.45) is 0 Å². The predicted molar refractivity (Wildman–Crippen MR) is 168 cm³/mol. The number of hydrogen-bond acceptors (Lipinski definition) is 7. The molecule has 4 rings (SSSR count). The second-order valence-corrected chi connectivity index (χ2v) is 17.4. The van der Waals surface area contributed by atoms with Crippen molar-refractivity contribution in [3.63, 3.8) is 0 Å². The average molecular weight is 636 g/mol. The Morgan fingerprint density at radius 3 is 2.50 bits per heavy atom. The number of ether oxygens (including phenoxy) is 2. The summed E-state index contributed by atoms with van der Waals surface area (Å²) in [5.41, 5.74) is 1.17. The largest absolute Gasteiger partial charge is 0.493 e. The van der Waals surface area contributed by atoms with Gasteiger partial charge in [0.1, 0.15) is 18.2 Å². The molecule has 1 aliphatic heterocycles. The molecule has 42 heavy (non-hydrogen) atoms. The molecule has 0 saturated carbocycles. The molecule has 2 heterocycles. The van der Waals surface area contributed by atoms with Crippen LogP contribution in [0.4, 0.5) is 15.9 Å². The molecule has 1 N–H and O–H groups in total. The number of carbonyl (C=O) groups excluding carboxylic acids is 1. The molecule has 0 aliphatic carbocycles. The van der Waals surface area contributed by atoms with Crippen LogP contribution in [0.15, 0.2) is 42.7 Å². The summed E-state index contributed by atoms with van der Waals surface area (Å²) < 4.78 is 32.9. The molecule has 1 amide bonds. The quantitative estimate of drug-likeness (QED) is 0.146. The summed E-state index contributed by atoms with van der Waals surface area (Å²) in [7, 11) is -0.433. The first-order valence-electron chi connectivity index (χ1n) is 13.7. The second kappa shape index (κ2) is 12.7. The summed E-state index contributed by atoms with van der Waals surface area (Å²) >= 11 is 11.9. The van der Waals surface area contributed by atoms with Crippen molar-refractivity contribution < 1.29 is 23.1 Å². The van der Waals surface area contributed by atoms with Crippen molar-refractivity contribution in [1.82, 2.24) is 14.9 Å². The van der Waals surface area contributed by atoms with Gasteiger partial charge in [0.05, 0.1) is 35.0 Å². The van der Waals surface area contributed by atoms with Gasteiger partial charge in [-0.05, 0) is 36.3 Å². The third-order valence-corrected chi connectivity index (χ3v) is 13.2. The fourth-order valence-electron chi connectivity index (χ4n) is 4.29. The van der Waals surface area contributed by atoms with Gasteiger partial charge in [-0.1, -0.05) is 50.6 Å². The number of piperidine rings is 1. The van der Waals surface area contributed by atoms with E-state index in [9.17, 15) is 9.18 Å². The van der Waals surface area contributed by atoms with Gasteiger partial charge in [0.25, 0.3) is 5.91 Å². The topological polar surface area (TPSA) is 85.8 Å². The van der Waals surface area contributed by atoms with E-state index in [0.717, 1.165) is 0 Å². The Kier molecular flexibility index (Phi) is 9.71. The van der Waals surface area contributed by atoms with Crippen LogP contribution < -0.4 is 14.8 Å². The number of amides is 1. The minimum absolute atomic E-state index is 0.0541. The molecule has 1 saturated heterocycles. The van der Waals surface area contributed by atoms with Crippen LogP contribution in [0, 0.1) is 5.82 Å². The molecule has 2 aromatic carbocycles. The molecule has 0 atom stereocenters. The van der Waals surface area contributed by atoms with Gasteiger partial charge in [-0.3, -0.25) is 4.79 Å². The van der Waals surface area contributed by atoms with Gasteiger partial charge in [0.15, 0.2) is 25.6 Å². The van der Waals surface area contributed by atoms with Gasteiger partial charge >= 0.3 is 0 Å². The third kappa shape index (κ3) is 6.99. The first-order valence-corrected chi connectivity index (χ1v) is 17.4. The Labute approximate surface area is 257 Å². The molecule has 0 radical (unpaired) electrons. The van der Waals surface area contributed by atoms with Gasteiger partial charge < -0.3 is 24.1 Å². The predicted octanol–water partition coefficient (Wildman–Crippen LogP) is 7.78. The molecule has 0 spiro atoms. The van der Waals surface area contributed by atoms with E-state index in [1.54, 1.807) is 24.1 Å². The first kappa shape index (κ1) is 32.0. The van der Waals surface area contributed by atoms with E-state index in [1.165, 1.54) is 18.5 Å². The Morgan fingerprint density at radius 2 is 1.86 bits per heavy atom. The summed E-state index contributed by atoms with van der Waals surface area (Å²) in [6.07, 6.45) is 2.49. The highest BCUT2D eigenvalue weighted by molar-refractivity contribution is 6.74. The molecule has 0 unspecified atom stereocenters. The van der Waals surface area contributed by atoms with Crippen LogP contribution in [0.25, 0.3) is 10.9 Å². The fourth-order valence-corrected chi connectivity index (χ4v) is 5.57. The van der Waals surface area contributed by atoms with Crippen molar-refractivity contribution in [3.8, 4) is 11.5 Å². The second-order valence-electron chi connectivity index (χ2n) is 11.9. The molecule has 1 aromatic heterocycles. The zero-order valence-electron chi connectivity index (χ0n) is 24.8. The lowest BCUT2D eigenvalue weighted by Gasteiger charge is -2.37.